The van der Waals surface area contributed by atoms with Gasteiger partial charge in [0.05, 0.1) is 11.2 Å². The first-order chi connectivity index (χ1) is 11.7. The first-order valence-corrected chi connectivity index (χ1v) is 7.88. The molecule has 1 aliphatic heterocycles. The van der Waals surface area contributed by atoms with Crippen molar-refractivity contribution in [1.29, 1.82) is 0 Å². The molecule has 5 nitrogen and oxygen atoms in total. The van der Waals surface area contributed by atoms with Crippen molar-refractivity contribution < 1.29 is 8.78 Å². The lowest BCUT2D eigenvalue weighted by atomic mass is 10.2. The minimum atomic E-state index is -2.57. The van der Waals surface area contributed by atoms with Crippen molar-refractivity contribution in [3.05, 3.63) is 48.5 Å². The topological polar surface area (TPSA) is 48.0 Å². The molecule has 0 amide bonds. The number of aromatic nitrogens is 3. The minimum Gasteiger partial charge on any atom is -0.366 e. The fourth-order valence-corrected chi connectivity index (χ4v) is 3.16. The number of nitrogens with zero attached hydrogens (tertiary/aromatic N) is 4. The number of halogens is 2. The highest BCUT2D eigenvalue weighted by Gasteiger charge is 2.21. The molecule has 3 heterocycles. The fraction of sp³-hybridized carbons (Fsp3) is 0.294. The number of fused-ring (bicyclic) bond motifs is 1. The van der Waals surface area contributed by atoms with Crippen LogP contribution in [0.1, 0.15) is 12.1 Å². The number of rotatable bonds is 3. The maximum Gasteiger partial charge on any atom is 0.280 e. The van der Waals surface area contributed by atoms with E-state index < -0.39 is 6.43 Å². The van der Waals surface area contributed by atoms with Crippen LogP contribution in [-0.4, -0.2) is 41.1 Å². The zero-order chi connectivity index (χ0) is 16.5. The maximum atomic E-state index is 12.8. The second-order valence-corrected chi connectivity index (χ2v) is 5.79. The summed E-state index contributed by atoms with van der Waals surface area (Å²) in [7, 11) is 0. The van der Waals surface area contributed by atoms with Crippen molar-refractivity contribution in [2.24, 2.45) is 0 Å². The number of hydrogen-bond acceptors (Lipinski definition) is 4. The molecule has 0 unspecified atom stereocenters. The lowest BCUT2D eigenvalue weighted by Crippen LogP contribution is -2.47. The summed E-state index contributed by atoms with van der Waals surface area (Å²) in [5, 5.41) is 1.19. The molecule has 3 aromatic rings. The van der Waals surface area contributed by atoms with Gasteiger partial charge in [-0.3, -0.25) is 0 Å². The molecule has 1 fully saturated rings. The van der Waals surface area contributed by atoms with Crippen LogP contribution in [0.2, 0.25) is 0 Å². The number of benzene rings is 1. The van der Waals surface area contributed by atoms with Crippen molar-refractivity contribution in [3.8, 4) is 0 Å². The molecule has 2 aromatic heterocycles. The number of piperazine rings is 1. The van der Waals surface area contributed by atoms with E-state index in [1.54, 1.807) is 0 Å². The summed E-state index contributed by atoms with van der Waals surface area (Å²) in [6, 6.07) is 9.68. The van der Waals surface area contributed by atoms with Crippen LogP contribution in [0.25, 0.3) is 10.9 Å². The van der Waals surface area contributed by atoms with Crippen LogP contribution in [0.3, 0.4) is 0 Å². The highest BCUT2D eigenvalue weighted by Crippen LogP contribution is 2.27. The van der Waals surface area contributed by atoms with E-state index in [4.69, 9.17) is 0 Å². The average molecular weight is 329 g/mol. The summed E-state index contributed by atoms with van der Waals surface area (Å²) < 4.78 is 25.6. The summed E-state index contributed by atoms with van der Waals surface area (Å²) >= 11 is 0. The van der Waals surface area contributed by atoms with E-state index in [0.717, 1.165) is 31.7 Å². The van der Waals surface area contributed by atoms with Crippen molar-refractivity contribution in [3.63, 3.8) is 0 Å². The summed E-state index contributed by atoms with van der Waals surface area (Å²) in [5.41, 5.74) is 2.08. The molecule has 0 aliphatic carbocycles. The second kappa shape index (κ2) is 6.07. The van der Waals surface area contributed by atoms with Gasteiger partial charge in [0.15, 0.2) is 0 Å². The van der Waals surface area contributed by atoms with Crippen LogP contribution in [0.5, 0.6) is 0 Å². The van der Waals surface area contributed by atoms with Gasteiger partial charge >= 0.3 is 0 Å². The van der Waals surface area contributed by atoms with Crippen molar-refractivity contribution in [2.45, 2.75) is 6.43 Å². The van der Waals surface area contributed by atoms with Gasteiger partial charge in [-0.1, -0.05) is 12.1 Å². The van der Waals surface area contributed by atoms with Crippen molar-refractivity contribution >= 4 is 22.4 Å². The maximum absolute atomic E-state index is 12.8. The third kappa shape index (κ3) is 2.66. The Morgan fingerprint density at radius 1 is 1.00 bits per heavy atom. The minimum absolute atomic E-state index is 0.224. The molecule has 0 spiro atoms. The predicted octanol–water partition coefficient (Wildman–Crippen LogP) is 3.22. The standard InChI is InChI=1S/C17H17F2N5/c18-17(19)13-10-15(22-11-21-13)24-8-6-23(7-9-24)14-3-1-2-12-4-5-20-16(12)14/h1-5,10-11,17,20H,6-9H2. The van der Waals surface area contributed by atoms with Gasteiger partial charge in [-0.25, -0.2) is 18.7 Å². The monoisotopic (exact) mass is 329 g/mol. The predicted molar refractivity (Wildman–Crippen MR) is 89.7 cm³/mol. The van der Waals surface area contributed by atoms with Crippen LogP contribution in [0.4, 0.5) is 20.3 Å². The fourth-order valence-electron chi connectivity index (χ4n) is 3.16. The molecule has 1 aromatic carbocycles. The van der Waals surface area contributed by atoms with Crippen molar-refractivity contribution in [2.75, 3.05) is 36.0 Å². The highest BCUT2D eigenvalue weighted by molar-refractivity contribution is 5.91. The number of alkyl halides is 2. The molecule has 24 heavy (non-hydrogen) atoms. The van der Waals surface area contributed by atoms with Crippen LogP contribution >= 0.6 is 0 Å². The highest BCUT2D eigenvalue weighted by atomic mass is 19.3. The average Bonchev–Trinajstić information content (AvgIpc) is 3.11. The van der Waals surface area contributed by atoms with Gasteiger partial charge in [-0.05, 0) is 12.1 Å². The molecule has 0 saturated carbocycles. The largest absolute Gasteiger partial charge is 0.366 e. The molecule has 4 rings (SSSR count). The van der Waals surface area contributed by atoms with E-state index in [9.17, 15) is 8.78 Å². The summed E-state index contributed by atoms with van der Waals surface area (Å²) in [6.45, 7) is 3.09. The number of nitrogens with one attached hydrogen (secondary N) is 1. The SMILES string of the molecule is FC(F)c1cc(N2CCN(c3cccc4cc[nH]c34)CC2)ncn1. The second-order valence-electron chi connectivity index (χ2n) is 5.79. The van der Waals surface area contributed by atoms with E-state index in [2.05, 4.69) is 44.1 Å². The Morgan fingerprint density at radius 2 is 1.79 bits per heavy atom. The summed E-state index contributed by atoms with van der Waals surface area (Å²) in [4.78, 5) is 15.4. The number of H-pyrrole nitrogens is 1. The van der Waals surface area contributed by atoms with Gasteiger partial charge in [0.1, 0.15) is 17.8 Å². The van der Waals surface area contributed by atoms with Gasteiger partial charge in [0.25, 0.3) is 6.43 Å². The Bertz CT molecular complexity index is 840. The Morgan fingerprint density at radius 3 is 2.58 bits per heavy atom. The molecule has 0 radical (unpaired) electrons. The molecule has 1 saturated heterocycles. The van der Waals surface area contributed by atoms with Crippen LogP contribution < -0.4 is 9.80 Å². The van der Waals surface area contributed by atoms with Gasteiger partial charge in [-0.2, -0.15) is 0 Å². The third-order valence-electron chi connectivity index (χ3n) is 4.41. The van der Waals surface area contributed by atoms with Gasteiger partial charge in [-0.15, -0.1) is 0 Å². The summed E-state index contributed by atoms with van der Waals surface area (Å²) in [5.74, 6) is 0.568. The molecular weight excluding hydrogens is 312 g/mol. The Labute approximate surface area is 137 Å². The summed E-state index contributed by atoms with van der Waals surface area (Å²) in [6.07, 6.45) is 0.582. The van der Waals surface area contributed by atoms with Crippen LogP contribution in [0, 0.1) is 0 Å². The van der Waals surface area contributed by atoms with E-state index in [1.807, 2.05) is 11.1 Å². The van der Waals surface area contributed by atoms with Crippen LogP contribution in [-0.2, 0) is 0 Å². The molecule has 1 aliphatic rings. The smallest absolute Gasteiger partial charge is 0.280 e. The molecular formula is C17H17F2N5. The Balaban J connectivity index is 1.51. The Hall–Kier alpha value is -2.70. The first kappa shape index (κ1) is 14.9. The lowest BCUT2D eigenvalue weighted by Gasteiger charge is -2.37. The first-order valence-electron chi connectivity index (χ1n) is 7.88. The Kier molecular flexibility index (Phi) is 3.76. The zero-order valence-corrected chi connectivity index (χ0v) is 13.0. The number of aromatic amines is 1. The van der Waals surface area contributed by atoms with Gasteiger partial charge in [0, 0.05) is 43.8 Å². The molecule has 1 N–H and O–H groups in total. The number of anilines is 2. The van der Waals surface area contributed by atoms with Gasteiger partial charge in [0.2, 0.25) is 0 Å². The lowest BCUT2D eigenvalue weighted by molar-refractivity contribution is 0.146. The number of para-hydroxylation sites is 1. The van der Waals surface area contributed by atoms with Gasteiger partial charge < -0.3 is 14.8 Å². The normalized spacial score (nSPS) is 15.5. The third-order valence-corrected chi connectivity index (χ3v) is 4.41. The zero-order valence-electron chi connectivity index (χ0n) is 13.0. The quantitative estimate of drug-likeness (QED) is 0.801. The van der Waals surface area contributed by atoms with E-state index in [0.29, 0.717) is 5.82 Å². The van der Waals surface area contributed by atoms with E-state index >= 15 is 0 Å². The molecule has 0 bridgehead atoms. The number of hydrogen-bond donors (Lipinski definition) is 1. The van der Waals surface area contributed by atoms with Crippen LogP contribution in [0.15, 0.2) is 42.9 Å². The van der Waals surface area contributed by atoms with E-state index in [1.165, 1.54) is 23.5 Å². The van der Waals surface area contributed by atoms with Crippen molar-refractivity contribution in [1.82, 2.24) is 15.0 Å². The molecule has 0 atom stereocenters. The molecule has 7 heteroatoms. The van der Waals surface area contributed by atoms with E-state index in [-0.39, 0.29) is 5.69 Å². The molecule has 124 valence electrons.